The molecule has 0 unspecified atom stereocenters. The summed E-state index contributed by atoms with van der Waals surface area (Å²) in [5, 5.41) is 13.8. The molecular formula is C11H17N3O3. The Morgan fingerprint density at radius 1 is 1.41 bits per heavy atom. The smallest absolute Gasteiger partial charge is 0.275 e. The van der Waals surface area contributed by atoms with Gasteiger partial charge < -0.3 is 15.8 Å². The molecule has 0 spiro atoms. The van der Waals surface area contributed by atoms with E-state index < -0.39 is 4.92 Å². The number of methoxy groups -OCH3 is 1. The Hall–Kier alpha value is -1.82. The summed E-state index contributed by atoms with van der Waals surface area (Å²) in [6.07, 6.45) is 1.86. The largest absolute Gasteiger partial charge is 0.496 e. The molecule has 0 amide bonds. The van der Waals surface area contributed by atoms with Gasteiger partial charge in [0, 0.05) is 24.4 Å². The number of hydrogen-bond acceptors (Lipinski definition) is 5. The molecule has 1 aromatic carbocycles. The molecule has 6 heteroatoms. The number of nitrogens with one attached hydrogen (secondary N) is 1. The molecule has 0 atom stereocenters. The second-order valence-corrected chi connectivity index (χ2v) is 3.60. The first-order valence-corrected chi connectivity index (χ1v) is 5.44. The number of nitrogens with two attached hydrogens (primary N) is 1. The van der Waals surface area contributed by atoms with Crippen LogP contribution in [0.2, 0.25) is 0 Å². The normalized spacial score (nSPS) is 10.0. The molecule has 0 aliphatic heterocycles. The van der Waals surface area contributed by atoms with Crippen molar-refractivity contribution in [3.8, 4) is 5.75 Å². The van der Waals surface area contributed by atoms with Crippen LogP contribution in [-0.2, 0) is 0 Å². The molecule has 0 saturated heterocycles. The van der Waals surface area contributed by atoms with Gasteiger partial charge in [-0.05, 0) is 19.4 Å². The van der Waals surface area contributed by atoms with Crippen LogP contribution in [0.4, 0.5) is 11.4 Å². The van der Waals surface area contributed by atoms with Crippen molar-refractivity contribution in [3.63, 3.8) is 0 Å². The Labute approximate surface area is 99.9 Å². The predicted molar refractivity (Wildman–Crippen MR) is 66.4 cm³/mol. The van der Waals surface area contributed by atoms with Crippen LogP contribution in [0.1, 0.15) is 12.8 Å². The molecule has 6 nitrogen and oxygen atoms in total. The minimum Gasteiger partial charge on any atom is -0.496 e. The van der Waals surface area contributed by atoms with Gasteiger partial charge in [-0.25, -0.2) is 0 Å². The van der Waals surface area contributed by atoms with Gasteiger partial charge in [-0.2, -0.15) is 0 Å². The summed E-state index contributed by atoms with van der Waals surface area (Å²) in [5.74, 6) is 0.473. The van der Waals surface area contributed by atoms with Crippen molar-refractivity contribution in [3.05, 3.63) is 28.3 Å². The molecule has 94 valence electrons. The number of non-ortho nitro benzene ring substituents is 1. The van der Waals surface area contributed by atoms with Crippen LogP contribution in [0.3, 0.4) is 0 Å². The first kappa shape index (κ1) is 13.2. The molecule has 0 aliphatic rings. The topological polar surface area (TPSA) is 90.4 Å². The minimum absolute atomic E-state index is 0.0191. The molecule has 1 aromatic rings. The molecule has 0 fully saturated rings. The maximum atomic E-state index is 10.7. The zero-order chi connectivity index (χ0) is 12.7. The SMILES string of the molecule is COc1cc(NCCCCN)cc([N+](=O)[O-])c1. The Balaban J connectivity index is 2.70. The van der Waals surface area contributed by atoms with Crippen molar-refractivity contribution < 1.29 is 9.66 Å². The van der Waals surface area contributed by atoms with Crippen LogP contribution in [0.15, 0.2) is 18.2 Å². The second-order valence-electron chi connectivity index (χ2n) is 3.60. The number of anilines is 1. The van der Waals surface area contributed by atoms with Crippen molar-refractivity contribution in [1.82, 2.24) is 0 Å². The molecule has 1 rings (SSSR count). The summed E-state index contributed by atoms with van der Waals surface area (Å²) in [6, 6.07) is 4.62. The van der Waals surface area contributed by atoms with E-state index in [9.17, 15) is 10.1 Å². The number of nitro groups is 1. The number of hydrogen-bond donors (Lipinski definition) is 2. The van der Waals surface area contributed by atoms with Gasteiger partial charge in [-0.3, -0.25) is 10.1 Å². The summed E-state index contributed by atoms with van der Waals surface area (Å²) >= 11 is 0. The number of nitro benzene ring substituents is 1. The molecule has 0 aromatic heterocycles. The maximum absolute atomic E-state index is 10.7. The van der Waals surface area contributed by atoms with Crippen molar-refractivity contribution in [1.29, 1.82) is 0 Å². The van der Waals surface area contributed by atoms with Crippen LogP contribution in [0, 0.1) is 10.1 Å². The third kappa shape index (κ3) is 4.28. The lowest BCUT2D eigenvalue weighted by Gasteiger charge is -2.07. The Kier molecular flexibility index (Phi) is 5.22. The maximum Gasteiger partial charge on any atom is 0.275 e. The summed E-state index contributed by atoms with van der Waals surface area (Å²) in [5.41, 5.74) is 6.09. The van der Waals surface area contributed by atoms with Crippen molar-refractivity contribution in [2.75, 3.05) is 25.5 Å². The lowest BCUT2D eigenvalue weighted by Crippen LogP contribution is -2.06. The van der Waals surface area contributed by atoms with Crippen LogP contribution >= 0.6 is 0 Å². The van der Waals surface area contributed by atoms with Gasteiger partial charge in [0.2, 0.25) is 0 Å². The zero-order valence-electron chi connectivity index (χ0n) is 9.81. The van der Waals surface area contributed by atoms with Gasteiger partial charge in [-0.15, -0.1) is 0 Å². The number of nitrogens with zero attached hydrogens (tertiary/aromatic N) is 1. The molecule has 17 heavy (non-hydrogen) atoms. The van der Waals surface area contributed by atoms with E-state index in [0.717, 1.165) is 19.4 Å². The fourth-order valence-corrected chi connectivity index (χ4v) is 1.41. The van der Waals surface area contributed by atoms with Gasteiger partial charge >= 0.3 is 0 Å². The van der Waals surface area contributed by atoms with Crippen molar-refractivity contribution in [2.45, 2.75) is 12.8 Å². The van der Waals surface area contributed by atoms with E-state index >= 15 is 0 Å². The fourth-order valence-electron chi connectivity index (χ4n) is 1.41. The number of unbranched alkanes of at least 4 members (excludes halogenated alkanes) is 1. The van der Waals surface area contributed by atoms with Gasteiger partial charge in [-0.1, -0.05) is 0 Å². The molecular weight excluding hydrogens is 222 g/mol. The lowest BCUT2D eigenvalue weighted by atomic mass is 10.2. The quantitative estimate of drug-likeness (QED) is 0.430. The summed E-state index contributed by atoms with van der Waals surface area (Å²) in [6.45, 7) is 1.39. The molecule has 0 bridgehead atoms. The molecule has 0 aliphatic carbocycles. The van der Waals surface area contributed by atoms with E-state index in [1.165, 1.54) is 19.2 Å². The van der Waals surface area contributed by atoms with Crippen LogP contribution in [0.5, 0.6) is 5.75 Å². The molecule has 3 N–H and O–H groups in total. The Morgan fingerprint density at radius 2 is 2.18 bits per heavy atom. The molecule has 0 saturated carbocycles. The average molecular weight is 239 g/mol. The standard InChI is InChI=1S/C11H17N3O3/c1-17-11-7-9(13-5-3-2-4-12)6-10(8-11)14(15)16/h6-8,13H,2-5,12H2,1H3. The number of rotatable bonds is 7. The highest BCUT2D eigenvalue weighted by atomic mass is 16.6. The lowest BCUT2D eigenvalue weighted by molar-refractivity contribution is -0.384. The third-order valence-corrected chi connectivity index (χ3v) is 2.30. The Bertz CT molecular complexity index is 382. The predicted octanol–water partition coefficient (Wildman–Crippen LogP) is 1.75. The average Bonchev–Trinajstić information content (AvgIpc) is 2.34. The van der Waals surface area contributed by atoms with E-state index in [0.29, 0.717) is 18.0 Å². The van der Waals surface area contributed by atoms with Crippen molar-refractivity contribution >= 4 is 11.4 Å². The monoisotopic (exact) mass is 239 g/mol. The van der Waals surface area contributed by atoms with E-state index in [1.54, 1.807) is 6.07 Å². The highest BCUT2D eigenvalue weighted by molar-refractivity contribution is 5.56. The summed E-state index contributed by atoms with van der Waals surface area (Å²) in [7, 11) is 1.48. The first-order chi connectivity index (χ1) is 8.17. The van der Waals surface area contributed by atoms with Crippen LogP contribution in [0.25, 0.3) is 0 Å². The molecule has 0 heterocycles. The zero-order valence-corrected chi connectivity index (χ0v) is 9.81. The van der Waals surface area contributed by atoms with Crippen LogP contribution < -0.4 is 15.8 Å². The van der Waals surface area contributed by atoms with Gasteiger partial charge in [0.1, 0.15) is 5.75 Å². The molecule has 0 radical (unpaired) electrons. The first-order valence-electron chi connectivity index (χ1n) is 5.44. The number of benzene rings is 1. The highest BCUT2D eigenvalue weighted by Crippen LogP contribution is 2.25. The van der Waals surface area contributed by atoms with E-state index in [1.807, 2.05) is 0 Å². The third-order valence-electron chi connectivity index (χ3n) is 2.30. The van der Waals surface area contributed by atoms with Gasteiger partial charge in [0.05, 0.1) is 18.1 Å². The van der Waals surface area contributed by atoms with E-state index in [4.69, 9.17) is 10.5 Å². The highest BCUT2D eigenvalue weighted by Gasteiger charge is 2.09. The van der Waals surface area contributed by atoms with Gasteiger partial charge in [0.15, 0.2) is 0 Å². The summed E-state index contributed by atoms with van der Waals surface area (Å²) < 4.78 is 5.01. The summed E-state index contributed by atoms with van der Waals surface area (Å²) in [4.78, 5) is 10.3. The van der Waals surface area contributed by atoms with E-state index in [2.05, 4.69) is 5.32 Å². The second kappa shape index (κ2) is 6.70. The fraction of sp³-hybridized carbons (Fsp3) is 0.455. The van der Waals surface area contributed by atoms with E-state index in [-0.39, 0.29) is 5.69 Å². The van der Waals surface area contributed by atoms with Gasteiger partial charge in [0.25, 0.3) is 5.69 Å². The Morgan fingerprint density at radius 3 is 2.76 bits per heavy atom. The number of ether oxygens (including phenoxy) is 1. The van der Waals surface area contributed by atoms with Crippen LogP contribution in [-0.4, -0.2) is 25.1 Å². The van der Waals surface area contributed by atoms with Crippen molar-refractivity contribution in [2.24, 2.45) is 5.73 Å². The minimum atomic E-state index is -0.437.